The standard InChI is InChI=1S/C18H20N4O3/c23-16-9-12-10-21(7-5-14(12)20-16)17(24)6-8-22-11-19-15-4-2-1-3-13(15)18(22)25/h1-4,11-12,14H,5-10H2,(H,20,23)/t12-,14+/m1/s1. The van der Waals surface area contributed by atoms with Crippen molar-refractivity contribution in [1.29, 1.82) is 0 Å². The van der Waals surface area contributed by atoms with Crippen LogP contribution in [0.15, 0.2) is 35.4 Å². The molecule has 2 fully saturated rings. The van der Waals surface area contributed by atoms with Gasteiger partial charge in [-0.1, -0.05) is 12.1 Å². The summed E-state index contributed by atoms with van der Waals surface area (Å²) >= 11 is 0. The Morgan fingerprint density at radius 1 is 1.28 bits per heavy atom. The van der Waals surface area contributed by atoms with Gasteiger partial charge in [0.15, 0.2) is 0 Å². The van der Waals surface area contributed by atoms with Gasteiger partial charge in [0, 0.05) is 44.4 Å². The van der Waals surface area contributed by atoms with Gasteiger partial charge in [-0.15, -0.1) is 0 Å². The molecule has 0 unspecified atom stereocenters. The van der Waals surface area contributed by atoms with E-state index in [1.54, 1.807) is 12.1 Å². The lowest BCUT2D eigenvalue weighted by Gasteiger charge is -2.34. The van der Waals surface area contributed by atoms with Crippen molar-refractivity contribution in [3.05, 3.63) is 40.9 Å². The molecule has 2 amide bonds. The second kappa shape index (κ2) is 6.31. The highest BCUT2D eigenvalue weighted by Crippen LogP contribution is 2.25. The lowest BCUT2D eigenvalue weighted by molar-refractivity contribution is -0.133. The molecule has 7 heteroatoms. The Hall–Kier alpha value is -2.70. The van der Waals surface area contributed by atoms with E-state index in [1.807, 2.05) is 17.0 Å². The van der Waals surface area contributed by atoms with E-state index >= 15 is 0 Å². The van der Waals surface area contributed by atoms with Gasteiger partial charge in [-0.25, -0.2) is 4.98 Å². The fourth-order valence-electron chi connectivity index (χ4n) is 3.80. The van der Waals surface area contributed by atoms with Crippen molar-refractivity contribution in [3.63, 3.8) is 0 Å². The molecule has 25 heavy (non-hydrogen) atoms. The van der Waals surface area contributed by atoms with Crippen LogP contribution in [0.1, 0.15) is 19.3 Å². The van der Waals surface area contributed by atoms with Crippen LogP contribution < -0.4 is 10.9 Å². The fourth-order valence-corrected chi connectivity index (χ4v) is 3.80. The number of aryl methyl sites for hydroxylation is 1. The zero-order chi connectivity index (χ0) is 17.4. The van der Waals surface area contributed by atoms with Crippen LogP contribution in [-0.4, -0.2) is 45.4 Å². The Kier molecular flexibility index (Phi) is 3.99. The number of carbonyl (C=O) groups excluding carboxylic acids is 2. The first kappa shape index (κ1) is 15.8. The quantitative estimate of drug-likeness (QED) is 0.883. The Morgan fingerprint density at radius 2 is 2.12 bits per heavy atom. The van der Waals surface area contributed by atoms with Crippen molar-refractivity contribution in [2.24, 2.45) is 5.92 Å². The predicted octanol–water partition coefficient (Wildman–Crippen LogP) is 0.524. The van der Waals surface area contributed by atoms with Crippen molar-refractivity contribution >= 4 is 22.7 Å². The van der Waals surface area contributed by atoms with E-state index in [2.05, 4.69) is 10.3 Å². The Labute approximate surface area is 144 Å². The molecule has 0 spiro atoms. The first-order valence-corrected chi connectivity index (χ1v) is 8.63. The van der Waals surface area contributed by atoms with Crippen molar-refractivity contribution < 1.29 is 9.59 Å². The molecule has 0 saturated carbocycles. The van der Waals surface area contributed by atoms with E-state index in [-0.39, 0.29) is 35.8 Å². The second-order valence-electron chi connectivity index (χ2n) is 6.78. The van der Waals surface area contributed by atoms with Crippen molar-refractivity contribution in [1.82, 2.24) is 19.8 Å². The molecule has 2 aliphatic heterocycles. The summed E-state index contributed by atoms with van der Waals surface area (Å²) < 4.78 is 1.49. The van der Waals surface area contributed by atoms with Gasteiger partial charge in [-0.2, -0.15) is 0 Å². The molecule has 1 N–H and O–H groups in total. The van der Waals surface area contributed by atoms with Crippen molar-refractivity contribution in [3.8, 4) is 0 Å². The second-order valence-corrected chi connectivity index (χ2v) is 6.78. The number of fused-ring (bicyclic) bond motifs is 2. The first-order valence-electron chi connectivity index (χ1n) is 8.63. The average molecular weight is 340 g/mol. The van der Waals surface area contributed by atoms with Crippen LogP contribution >= 0.6 is 0 Å². The van der Waals surface area contributed by atoms with Gasteiger partial charge < -0.3 is 10.2 Å². The van der Waals surface area contributed by atoms with E-state index in [1.165, 1.54) is 10.9 Å². The minimum atomic E-state index is -0.123. The normalized spacial score (nSPS) is 22.7. The van der Waals surface area contributed by atoms with Crippen LogP contribution in [0.4, 0.5) is 0 Å². The molecule has 1 aromatic heterocycles. The van der Waals surface area contributed by atoms with Gasteiger partial charge in [0.05, 0.1) is 17.2 Å². The van der Waals surface area contributed by atoms with E-state index < -0.39 is 0 Å². The SMILES string of the molecule is O=C1C[C@@H]2CN(C(=O)CCn3cnc4ccccc4c3=O)CC[C@@H]2N1. The lowest BCUT2D eigenvalue weighted by Crippen LogP contribution is -2.47. The van der Waals surface area contributed by atoms with Crippen LogP contribution in [0, 0.1) is 5.92 Å². The molecule has 2 aliphatic rings. The highest BCUT2D eigenvalue weighted by molar-refractivity contribution is 5.80. The van der Waals surface area contributed by atoms with Crippen LogP contribution in [0.5, 0.6) is 0 Å². The third kappa shape index (κ3) is 3.01. The summed E-state index contributed by atoms with van der Waals surface area (Å²) in [5, 5.41) is 3.53. The summed E-state index contributed by atoms with van der Waals surface area (Å²) in [5.74, 6) is 0.325. The molecule has 2 atom stereocenters. The minimum absolute atomic E-state index is 0.0258. The number of hydrogen-bond acceptors (Lipinski definition) is 4. The van der Waals surface area contributed by atoms with Gasteiger partial charge in [0.25, 0.3) is 5.56 Å². The fraction of sp³-hybridized carbons (Fsp3) is 0.444. The van der Waals surface area contributed by atoms with Gasteiger partial charge in [-0.05, 0) is 18.6 Å². The molecule has 130 valence electrons. The monoisotopic (exact) mass is 340 g/mol. The van der Waals surface area contributed by atoms with E-state index in [9.17, 15) is 14.4 Å². The molecule has 2 aromatic rings. The number of nitrogens with one attached hydrogen (secondary N) is 1. The Bertz CT molecular complexity index is 891. The molecule has 1 aromatic carbocycles. The first-order chi connectivity index (χ1) is 12.1. The summed E-state index contributed by atoms with van der Waals surface area (Å²) in [6, 6.07) is 7.41. The Morgan fingerprint density at radius 3 is 3.00 bits per heavy atom. The summed E-state index contributed by atoms with van der Waals surface area (Å²) in [6.07, 6.45) is 3.07. The number of benzene rings is 1. The number of nitrogens with zero attached hydrogens (tertiary/aromatic N) is 3. The van der Waals surface area contributed by atoms with Crippen LogP contribution in [0.3, 0.4) is 0 Å². The zero-order valence-corrected chi connectivity index (χ0v) is 13.9. The lowest BCUT2D eigenvalue weighted by atomic mass is 9.93. The van der Waals surface area contributed by atoms with Gasteiger partial charge >= 0.3 is 0 Å². The maximum atomic E-state index is 12.5. The highest BCUT2D eigenvalue weighted by Gasteiger charge is 2.37. The number of carbonyl (C=O) groups is 2. The third-order valence-corrected chi connectivity index (χ3v) is 5.18. The van der Waals surface area contributed by atoms with Crippen molar-refractivity contribution in [2.75, 3.05) is 13.1 Å². The molecule has 7 nitrogen and oxygen atoms in total. The predicted molar refractivity (Wildman–Crippen MR) is 91.9 cm³/mol. The van der Waals surface area contributed by atoms with Gasteiger partial charge in [-0.3, -0.25) is 19.0 Å². The number of likely N-dealkylation sites (tertiary alicyclic amines) is 1. The number of hydrogen-bond donors (Lipinski definition) is 1. The summed E-state index contributed by atoms with van der Waals surface area (Å²) in [7, 11) is 0. The average Bonchev–Trinajstić information content (AvgIpc) is 3.00. The van der Waals surface area contributed by atoms with Gasteiger partial charge in [0.2, 0.25) is 11.8 Å². The maximum absolute atomic E-state index is 12.5. The topological polar surface area (TPSA) is 84.3 Å². The molecule has 0 radical (unpaired) electrons. The van der Waals surface area contributed by atoms with Crippen LogP contribution in [0.25, 0.3) is 10.9 Å². The molecule has 0 aliphatic carbocycles. The minimum Gasteiger partial charge on any atom is -0.353 e. The van der Waals surface area contributed by atoms with E-state index in [0.717, 1.165) is 6.42 Å². The molecular formula is C18H20N4O3. The number of para-hydroxylation sites is 1. The van der Waals surface area contributed by atoms with Crippen LogP contribution in [-0.2, 0) is 16.1 Å². The third-order valence-electron chi connectivity index (χ3n) is 5.18. The maximum Gasteiger partial charge on any atom is 0.261 e. The summed E-state index contributed by atoms with van der Waals surface area (Å²) in [5.41, 5.74) is 0.540. The number of rotatable bonds is 3. The summed E-state index contributed by atoms with van der Waals surface area (Å²) in [6.45, 7) is 1.59. The van der Waals surface area contributed by atoms with E-state index in [0.29, 0.717) is 37.0 Å². The molecule has 4 rings (SSSR count). The summed E-state index contributed by atoms with van der Waals surface area (Å²) in [4.78, 5) is 42.5. The molecule has 0 bridgehead atoms. The molecule has 3 heterocycles. The number of amides is 2. The molecular weight excluding hydrogens is 320 g/mol. The van der Waals surface area contributed by atoms with E-state index in [4.69, 9.17) is 0 Å². The number of aromatic nitrogens is 2. The van der Waals surface area contributed by atoms with Crippen LogP contribution in [0.2, 0.25) is 0 Å². The van der Waals surface area contributed by atoms with Crippen molar-refractivity contribution in [2.45, 2.75) is 31.8 Å². The Balaban J connectivity index is 1.41. The smallest absolute Gasteiger partial charge is 0.261 e. The number of piperidine rings is 1. The molecule has 2 saturated heterocycles. The zero-order valence-electron chi connectivity index (χ0n) is 13.9. The van der Waals surface area contributed by atoms with Gasteiger partial charge in [0.1, 0.15) is 0 Å². The largest absolute Gasteiger partial charge is 0.353 e. The highest BCUT2D eigenvalue weighted by atomic mass is 16.2.